The van der Waals surface area contributed by atoms with Crippen molar-refractivity contribution in [1.82, 2.24) is 14.8 Å². The van der Waals surface area contributed by atoms with Crippen LogP contribution in [-0.4, -0.2) is 20.5 Å². The molecule has 1 atom stereocenters. The molecule has 0 radical (unpaired) electrons. The van der Waals surface area contributed by atoms with Crippen LogP contribution in [0, 0.1) is 0 Å². The van der Waals surface area contributed by atoms with Crippen LogP contribution in [0.4, 0.5) is 0 Å². The van der Waals surface area contributed by atoms with Crippen molar-refractivity contribution in [3.8, 4) is 0 Å². The SMILES string of the molecule is CC1=NO[C@@H](c2ccccc2Cn2cncn2)C1. The highest BCUT2D eigenvalue weighted by atomic mass is 16.6. The molecular formula is C13H14N4O. The number of rotatable bonds is 3. The van der Waals surface area contributed by atoms with E-state index in [9.17, 15) is 0 Å². The average molecular weight is 242 g/mol. The van der Waals surface area contributed by atoms with Crippen molar-refractivity contribution in [2.24, 2.45) is 5.16 Å². The van der Waals surface area contributed by atoms with Gasteiger partial charge in [-0.25, -0.2) is 9.67 Å². The Morgan fingerprint density at radius 3 is 3.00 bits per heavy atom. The van der Waals surface area contributed by atoms with Crippen molar-refractivity contribution in [1.29, 1.82) is 0 Å². The van der Waals surface area contributed by atoms with Gasteiger partial charge < -0.3 is 4.84 Å². The van der Waals surface area contributed by atoms with Gasteiger partial charge in [0.05, 0.1) is 12.3 Å². The Bertz CT molecular complexity index is 562. The van der Waals surface area contributed by atoms with E-state index >= 15 is 0 Å². The standard InChI is InChI=1S/C13H14N4O/c1-10-6-13(18-16-10)12-5-3-2-4-11(12)7-17-9-14-8-15-17/h2-5,8-9,13H,6-7H2,1H3/t13-/m1/s1. The summed E-state index contributed by atoms with van der Waals surface area (Å²) in [7, 11) is 0. The Balaban J connectivity index is 1.86. The fraction of sp³-hybridized carbons (Fsp3) is 0.308. The molecule has 0 bridgehead atoms. The van der Waals surface area contributed by atoms with E-state index in [-0.39, 0.29) is 6.10 Å². The Morgan fingerprint density at radius 1 is 1.39 bits per heavy atom. The first-order valence-corrected chi connectivity index (χ1v) is 5.92. The zero-order valence-corrected chi connectivity index (χ0v) is 10.2. The zero-order chi connectivity index (χ0) is 12.4. The number of hydrogen-bond acceptors (Lipinski definition) is 4. The van der Waals surface area contributed by atoms with Gasteiger partial charge in [0.15, 0.2) is 6.10 Å². The van der Waals surface area contributed by atoms with E-state index in [1.165, 1.54) is 11.1 Å². The van der Waals surface area contributed by atoms with Crippen molar-refractivity contribution in [3.63, 3.8) is 0 Å². The second kappa shape index (κ2) is 4.60. The normalized spacial score (nSPS) is 18.5. The van der Waals surface area contributed by atoms with Gasteiger partial charge in [0.1, 0.15) is 12.7 Å². The Morgan fingerprint density at radius 2 is 2.28 bits per heavy atom. The zero-order valence-electron chi connectivity index (χ0n) is 10.2. The highest BCUT2D eigenvalue weighted by molar-refractivity contribution is 5.83. The number of oxime groups is 1. The topological polar surface area (TPSA) is 52.3 Å². The third-order valence-corrected chi connectivity index (χ3v) is 3.02. The maximum absolute atomic E-state index is 5.45. The first-order valence-electron chi connectivity index (χ1n) is 5.92. The molecule has 1 aliphatic rings. The van der Waals surface area contributed by atoms with Crippen LogP contribution in [0.1, 0.15) is 30.6 Å². The molecule has 1 aliphatic heterocycles. The van der Waals surface area contributed by atoms with E-state index in [1.807, 2.05) is 23.7 Å². The van der Waals surface area contributed by atoms with Gasteiger partial charge in [-0.05, 0) is 12.5 Å². The van der Waals surface area contributed by atoms with E-state index in [2.05, 4.69) is 27.4 Å². The van der Waals surface area contributed by atoms with Crippen molar-refractivity contribution < 1.29 is 4.84 Å². The van der Waals surface area contributed by atoms with Crippen LogP contribution in [0.2, 0.25) is 0 Å². The summed E-state index contributed by atoms with van der Waals surface area (Å²) in [6.45, 7) is 2.69. The summed E-state index contributed by atoms with van der Waals surface area (Å²) in [4.78, 5) is 9.41. The Kier molecular flexibility index (Phi) is 2.80. The van der Waals surface area contributed by atoms with Crippen LogP contribution < -0.4 is 0 Å². The minimum atomic E-state index is 0.0321. The third-order valence-electron chi connectivity index (χ3n) is 3.02. The monoisotopic (exact) mass is 242 g/mol. The van der Waals surface area contributed by atoms with Crippen LogP contribution >= 0.6 is 0 Å². The van der Waals surface area contributed by atoms with Crippen molar-refractivity contribution >= 4 is 5.71 Å². The molecular weight excluding hydrogens is 228 g/mol. The van der Waals surface area contributed by atoms with Gasteiger partial charge in [0.2, 0.25) is 0 Å². The number of hydrogen-bond donors (Lipinski definition) is 0. The number of benzene rings is 1. The predicted molar refractivity (Wildman–Crippen MR) is 67.1 cm³/mol. The molecule has 92 valence electrons. The average Bonchev–Trinajstić information content (AvgIpc) is 3.02. The first kappa shape index (κ1) is 11.0. The summed E-state index contributed by atoms with van der Waals surface area (Å²) in [6, 6.07) is 8.23. The van der Waals surface area contributed by atoms with Crippen molar-refractivity contribution in [2.75, 3.05) is 0 Å². The van der Waals surface area contributed by atoms with E-state index < -0.39 is 0 Å². The fourth-order valence-electron chi connectivity index (χ4n) is 2.14. The molecule has 0 amide bonds. The molecule has 0 saturated carbocycles. The van der Waals surface area contributed by atoms with Gasteiger partial charge >= 0.3 is 0 Å². The quantitative estimate of drug-likeness (QED) is 0.828. The highest BCUT2D eigenvalue weighted by Crippen LogP contribution is 2.29. The maximum atomic E-state index is 5.45. The summed E-state index contributed by atoms with van der Waals surface area (Å²) < 4.78 is 1.81. The molecule has 5 heteroatoms. The summed E-state index contributed by atoms with van der Waals surface area (Å²) in [5.74, 6) is 0. The molecule has 18 heavy (non-hydrogen) atoms. The fourth-order valence-corrected chi connectivity index (χ4v) is 2.14. The molecule has 5 nitrogen and oxygen atoms in total. The van der Waals surface area contributed by atoms with E-state index in [0.29, 0.717) is 6.54 Å². The molecule has 0 N–H and O–H groups in total. The molecule has 0 spiro atoms. The lowest BCUT2D eigenvalue weighted by Crippen LogP contribution is -2.07. The molecule has 0 saturated heterocycles. The van der Waals surface area contributed by atoms with Crippen LogP contribution in [-0.2, 0) is 11.4 Å². The lowest BCUT2D eigenvalue weighted by Gasteiger charge is -2.13. The second-order valence-corrected chi connectivity index (χ2v) is 4.42. The minimum absolute atomic E-state index is 0.0321. The van der Waals surface area contributed by atoms with Gasteiger partial charge in [-0.3, -0.25) is 0 Å². The Labute approximate surface area is 105 Å². The van der Waals surface area contributed by atoms with Gasteiger partial charge in [-0.1, -0.05) is 29.4 Å². The van der Waals surface area contributed by atoms with Gasteiger partial charge in [-0.15, -0.1) is 0 Å². The lowest BCUT2D eigenvalue weighted by atomic mass is 9.99. The molecule has 3 rings (SSSR count). The van der Waals surface area contributed by atoms with Gasteiger partial charge in [-0.2, -0.15) is 5.10 Å². The van der Waals surface area contributed by atoms with Gasteiger partial charge in [0.25, 0.3) is 0 Å². The first-order chi connectivity index (χ1) is 8.83. The van der Waals surface area contributed by atoms with Crippen LogP contribution in [0.25, 0.3) is 0 Å². The van der Waals surface area contributed by atoms with Crippen LogP contribution in [0.15, 0.2) is 42.1 Å². The smallest absolute Gasteiger partial charge is 0.158 e. The molecule has 1 aromatic carbocycles. The van der Waals surface area contributed by atoms with Crippen LogP contribution in [0.5, 0.6) is 0 Å². The van der Waals surface area contributed by atoms with Crippen molar-refractivity contribution in [2.45, 2.75) is 26.0 Å². The second-order valence-electron chi connectivity index (χ2n) is 4.42. The summed E-state index contributed by atoms with van der Waals surface area (Å²) in [6.07, 6.45) is 4.15. The van der Waals surface area contributed by atoms with E-state index in [4.69, 9.17) is 4.84 Å². The molecule has 0 fully saturated rings. The molecule has 2 aromatic rings. The van der Waals surface area contributed by atoms with Crippen molar-refractivity contribution in [3.05, 3.63) is 48.0 Å². The van der Waals surface area contributed by atoms with Crippen LogP contribution in [0.3, 0.4) is 0 Å². The summed E-state index contributed by atoms with van der Waals surface area (Å²) in [5.41, 5.74) is 3.40. The minimum Gasteiger partial charge on any atom is -0.387 e. The van der Waals surface area contributed by atoms with E-state index in [1.54, 1.807) is 12.7 Å². The number of nitrogens with zero attached hydrogens (tertiary/aromatic N) is 4. The summed E-state index contributed by atoms with van der Waals surface area (Å²) in [5, 5.41) is 8.14. The number of aromatic nitrogens is 3. The summed E-state index contributed by atoms with van der Waals surface area (Å²) >= 11 is 0. The van der Waals surface area contributed by atoms with E-state index in [0.717, 1.165) is 12.1 Å². The molecule has 2 heterocycles. The predicted octanol–water partition coefficient (Wildman–Crippen LogP) is 2.16. The maximum Gasteiger partial charge on any atom is 0.158 e. The molecule has 0 unspecified atom stereocenters. The lowest BCUT2D eigenvalue weighted by molar-refractivity contribution is 0.0849. The molecule has 0 aliphatic carbocycles. The third kappa shape index (κ3) is 2.11. The Hall–Kier alpha value is -2.17. The van der Waals surface area contributed by atoms with Gasteiger partial charge in [0, 0.05) is 12.0 Å². The highest BCUT2D eigenvalue weighted by Gasteiger charge is 2.22. The molecule has 1 aromatic heterocycles. The largest absolute Gasteiger partial charge is 0.387 e.